The van der Waals surface area contributed by atoms with Crippen molar-refractivity contribution in [2.75, 3.05) is 17.1 Å². The molecule has 2 aromatic carbocycles. The van der Waals surface area contributed by atoms with Gasteiger partial charge in [0.05, 0.1) is 28.2 Å². The summed E-state index contributed by atoms with van der Waals surface area (Å²) in [6, 6.07) is 10.3. The molecule has 0 aliphatic heterocycles. The fraction of sp³-hybridized carbons (Fsp3) is 0.125. The van der Waals surface area contributed by atoms with E-state index in [1.54, 1.807) is 12.1 Å². The number of hydrazone groups is 1. The van der Waals surface area contributed by atoms with Gasteiger partial charge in [0.25, 0.3) is 5.91 Å². The Bertz CT molecular complexity index is 931. The Labute approximate surface area is 160 Å². The lowest BCUT2D eigenvalue weighted by Crippen LogP contribution is -2.39. The number of hydrogen-bond donors (Lipinski definition) is 1. The molecule has 6 nitrogen and oxygen atoms in total. The molecule has 0 aliphatic carbocycles. The van der Waals surface area contributed by atoms with Gasteiger partial charge in [-0.05, 0) is 24.3 Å². The van der Waals surface area contributed by atoms with Crippen molar-refractivity contribution in [3.05, 3.63) is 63.9 Å². The summed E-state index contributed by atoms with van der Waals surface area (Å²) in [7, 11) is -3.77. The van der Waals surface area contributed by atoms with Gasteiger partial charge < -0.3 is 0 Å². The number of carbonyl (C=O) groups excluding carboxylic acids is 1. The van der Waals surface area contributed by atoms with Gasteiger partial charge in [0, 0.05) is 5.56 Å². The van der Waals surface area contributed by atoms with Gasteiger partial charge in [-0.2, -0.15) is 5.10 Å². The number of halogens is 3. The van der Waals surface area contributed by atoms with Gasteiger partial charge in [0.1, 0.15) is 12.4 Å². The number of nitrogens with zero attached hydrogens (tertiary/aromatic N) is 2. The maximum Gasteiger partial charge on any atom is 0.260 e. The molecule has 0 saturated heterocycles. The highest BCUT2D eigenvalue weighted by Crippen LogP contribution is 2.26. The number of amides is 1. The third-order valence-corrected chi connectivity index (χ3v) is 4.97. The molecule has 0 heterocycles. The summed E-state index contributed by atoms with van der Waals surface area (Å²) in [6.45, 7) is -0.551. The van der Waals surface area contributed by atoms with Crippen molar-refractivity contribution in [2.24, 2.45) is 5.10 Å². The lowest BCUT2D eigenvalue weighted by atomic mass is 10.2. The molecule has 1 N–H and O–H groups in total. The van der Waals surface area contributed by atoms with Crippen molar-refractivity contribution in [2.45, 2.75) is 0 Å². The first-order chi connectivity index (χ1) is 12.2. The minimum absolute atomic E-state index is 0.000500. The molecule has 0 atom stereocenters. The molecule has 1 amide bonds. The molecule has 2 aromatic rings. The Kier molecular flexibility index (Phi) is 6.57. The highest BCUT2D eigenvalue weighted by atomic mass is 35.5. The van der Waals surface area contributed by atoms with Crippen LogP contribution in [-0.2, 0) is 14.8 Å². The Morgan fingerprint density at radius 3 is 2.46 bits per heavy atom. The van der Waals surface area contributed by atoms with Gasteiger partial charge >= 0.3 is 0 Å². The predicted molar refractivity (Wildman–Crippen MR) is 101 cm³/mol. The molecule has 0 aliphatic rings. The van der Waals surface area contributed by atoms with E-state index in [0.717, 1.165) is 16.8 Å². The molecule has 138 valence electrons. The van der Waals surface area contributed by atoms with Crippen LogP contribution in [0.25, 0.3) is 0 Å². The van der Waals surface area contributed by atoms with Crippen LogP contribution in [0.15, 0.2) is 47.6 Å². The molecule has 10 heteroatoms. The third kappa shape index (κ3) is 5.17. The van der Waals surface area contributed by atoms with Crippen LogP contribution in [-0.4, -0.2) is 33.3 Å². The van der Waals surface area contributed by atoms with Gasteiger partial charge in [0.2, 0.25) is 10.0 Å². The van der Waals surface area contributed by atoms with E-state index in [9.17, 15) is 17.6 Å². The van der Waals surface area contributed by atoms with E-state index >= 15 is 0 Å². The van der Waals surface area contributed by atoms with Crippen LogP contribution >= 0.6 is 23.2 Å². The van der Waals surface area contributed by atoms with E-state index in [1.807, 2.05) is 0 Å². The van der Waals surface area contributed by atoms with Crippen molar-refractivity contribution in [1.82, 2.24) is 5.43 Å². The van der Waals surface area contributed by atoms with Crippen LogP contribution in [0.1, 0.15) is 5.56 Å². The van der Waals surface area contributed by atoms with Crippen LogP contribution < -0.4 is 9.73 Å². The quantitative estimate of drug-likeness (QED) is 0.579. The Balaban J connectivity index is 2.14. The second-order valence-corrected chi connectivity index (χ2v) is 7.87. The second-order valence-electron chi connectivity index (χ2n) is 5.15. The largest absolute Gasteiger partial charge is 0.271 e. The standard InChI is InChI=1S/C16H14Cl2FN3O3S/c1-26(24,25)22(15-8-3-2-5-13(15)18)10-16(23)21-20-9-11-12(17)6-4-7-14(11)19/h2-9H,10H2,1H3,(H,21,23)/b20-9-. The topological polar surface area (TPSA) is 78.8 Å². The first-order valence-corrected chi connectivity index (χ1v) is 9.78. The molecule has 0 fully saturated rings. The second kappa shape index (κ2) is 8.48. The molecule has 0 unspecified atom stereocenters. The SMILES string of the molecule is CS(=O)(=O)N(CC(=O)N/N=C\c1c(F)cccc1Cl)c1ccccc1Cl. The monoisotopic (exact) mass is 417 g/mol. The van der Waals surface area contributed by atoms with Crippen LogP contribution in [0.3, 0.4) is 0 Å². The lowest BCUT2D eigenvalue weighted by Gasteiger charge is -2.22. The number of para-hydroxylation sites is 1. The smallest absolute Gasteiger partial charge is 0.260 e. The molecule has 0 bridgehead atoms. The molecule has 0 saturated carbocycles. The van der Waals surface area contributed by atoms with E-state index in [2.05, 4.69) is 10.5 Å². The first kappa shape index (κ1) is 20.2. The van der Waals surface area contributed by atoms with Crippen LogP contribution in [0.5, 0.6) is 0 Å². The summed E-state index contributed by atoms with van der Waals surface area (Å²) in [5.74, 6) is -1.34. The van der Waals surface area contributed by atoms with Crippen molar-refractivity contribution < 1.29 is 17.6 Å². The average molecular weight is 418 g/mol. The summed E-state index contributed by atoms with van der Waals surface area (Å²) in [5.41, 5.74) is 2.29. The van der Waals surface area contributed by atoms with E-state index in [1.165, 1.54) is 30.3 Å². The van der Waals surface area contributed by atoms with Crippen molar-refractivity contribution >= 4 is 51.0 Å². The molecule has 0 radical (unpaired) electrons. The zero-order valence-corrected chi connectivity index (χ0v) is 15.8. The third-order valence-electron chi connectivity index (χ3n) is 3.19. The van der Waals surface area contributed by atoms with Gasteiger partial charge in [-0.15, -0.1) is 0 Å². The van der Waals surface area contributed by atoms with E-state index < -0.39 is 28.3 Å². The fourth-order valence-electron chi connectivity index (χ4n) is 2.00. The minimum atomic E-state index is -3.77. The zero-order valence-electron chi connectivity index (χ0n) is 13.5. The Hall–Kier alpha value is -2.16. The van der Waals surface area contributed by atoms with Crippen LogP contribution in [0, 0.1) is 5.82 Å². The van der Waals surface area contributed by atoms with Gasteiger partial charge in [-0.25, -0.2) is 18.2 Å². The number of carbonyl (C=O) groups is 1. The Morgan fingerprint density at radius 1 is 1.19 bits per heavy atom. The summed E-state index contributed by atoms with van der Waals surface area (Å²) >= 11 is 11.8. The molecule has 2 rings (SSSR count). The van der Waals surface area contributed by atoms with Crippen molar-refractivity contribution in [3.63, 3.8) is 0 Å². The van der Waals surface area contributed by atoms with E-state index in [0.29, 0.717) is 0 Å². The molecule has 0 aromatic heterocycles. The van der Waals surface area contributed by atoms with Crippen LogP contribution in [0.2, 0.25) is 10.0 Å². The normalized spacial score (nSPS) is 11.5. The number of anilines is 1. The highest BCUT2D eigenvalue weighted by Gasteiger charge is 2.22. The average Bonchev–Trinajstić information content (AvgIpc) is 2.55. The predicted octanol–water partition coefficient (Wildman–Crippen LogP) is 3.05. The van der Waals surface area contributed by atoms with Gasteiger partial charge in [0.15, 0.2) is 0 Å². The highest BCUT2D eigenvalue weighted by molar-refractivity contribution is 7.92. The summed E-state index contributed by atoms with van der Waals surface area (Å²) in [6.07, 6.45) is 1.99. The van der Waals surface area contributed by atoms with Crippen LogP contribution in [0.4, 0.5) is 10.1 Å². The summed E-state index contributed by atoms with van der Waals surface area (Å²) in [5, 5.41) is 3.91. The summed E-state index contributed by atoms with van der Waals surface area (Å²) in [4.78, 5) is 12.0. The molecular weight excluding hydrogens is 404 g/mol. The minimum Gasteiger partial charge on any atom is -0.271 e. The fourth-order valence-corrected chi connectivity index (χ4v) is 3.37. The Morgan fingerprint density at radius 2 is 1.85 bits per heavy atom. The number of nitrogens with one attached hydrogen (secondary N) is 1. The van der Waals surface area contributed by atoms with Crippen molar-refractivity contribution in [1.29, 1.82) is 0 Å². The molecule has 0 spiro atoms. The summed E-state index contributed by atoms with van der Waals surface area (Å²) < 4.78 is 38.4. The molecule has 26 heavy (non-hydrogen) atoms. The zero-order chi connectivity index (χ0) is 19.3. The number of benzene rings is 2. The van der Waals surface area contributed by atoms with E-state index in [4.69, 9.17) is 23.2 Å². The molecular formula is C16H14Cl2FN3O3S. The van der Waals surface area contributed by atoms with Crippen molar-refractivity contribution in [3.8, 4) is 0 Å². The van der Waals surface area contributed by atoms with Gasteiger partial charge in [-0.1, -0.05) is 41.4 Å². The number of rotatable bonds is 6. The van der Waals surface area contributed by atoms with Gasteiger partial charge in [-0.3, -0.25) is 9.10 Å². The maximum absolute atomic E-state index is 13.6. The lowest BCUT2D eigenvalue weighted by molar-refractivity contribution is -0.119. The van der Waals surface area contributed by atoms with E-state index in [-0.39, 0.29) is 21.3 Å². The number of sulfonamides is 1. The maximum atomic E-state index is 13.6. The number of hydrogen-bond acceptors (Lipinski definition) is 4. The first-order valence-electron chi connectivity index (χ1n) is 7.18.